The van der Waals surface area contributed by atoms with Gasteiger partial charge in [-0.2, -0.15) is 9.35 Å². The van der Waals surface area contributed by atoms with Crippen LogP contribution < -0.4 is 5.32 Å². The largest absolute Gasteiger partial charge is 0.319 e. The number of carbonyl (C=O) groups excluding carboxylic acids is 1. The number of nitrogens with one attached hydrogen (secondary N) is 2. The third-order valence-corrected chi connectivity index (χ3v) is 3.36. The van der Waals surface area contributed by atoms with Crippen molar-refractivity contribution in [3.63, 3.8) is 0 Å². The fourth-order valence-electron chi connectivity index (χ4n) is 1.60. The van der Waals surface area contributed by atoms with Gasteiger partial charge in [0.2, 0.25) is 5.82 Å². The van der Waals surface area contributed by atoms with Gasteiger partial charge in [0.05, 0.1) is 0 Å². The van der Waals surface area contributed by atoms with Gasteiger partial charge in [0, 0.05) is 27.9 Å². The zero-order valence-corrected chi connectivity index (χ0v) is 13.1. The van der Waals surface area contributed by atoms with Crippen molar-refractivity contribution in [2.75, 3.05) is 17.8 Å². The van der Waals surface area contributed by atoms with Gasteiger partial charge in [0.1, 0.15) is 0 Å². The SMILES string of the molecule is Cc1ccc(NC(=O)c2nc(N=S(C)(C)=O)n[nH]2)cc1C. The summed E-state index contributed by atoms with van der Waals surface area (Å²) in [5.41, 5.74) is 2.90. The average molecular weight is 307 g/mol. The summed E-state index contributed by atoms with van der Waals surface area (Å²) in [5.74, 6) is -0.392. The Morgan fingerprint density at radius 2 is 2.00 bits per heavy atom. The van der Waals surface area contributed by atoms with E-state index in [0.29, 0.717) is 5.69 Å². The Balaban J connectivity index is 2.17. The number of aromatic nitrogens is 3. The minimum Gasteiger partial charge on any atom is -0.319 e. The standard InChI is InChI=1S/C13H17N5O2S/c1-8-5-6-10(7-9(8)2)14-12(19)11-15-13(17-16-11)18-21(3,4)20/h5-7H,1-4H3,(H,14,19)(H,15,16,17). The zero-order chi connectivity index (χ0) is 15.6. The predicted molar refractivity (Wildman–Crippen MR) is 82.3 cm³/mol. The second kappa shape index (κ2) is 5.65. The smallest absolute Gasteiger partial charge is 0.293 e. The van der Waals surface area contributed by atoms with Crippen LogP contribution >= 0.6 is 0 Å². The summed E-state index contributed by atoms with van der Waals surface area (Å²) in [6.45, 7) is 3.97. The third kappa shape index (κ3) is 4.12. The van der Waals surface area contributed by atoms with E-state index in [9.17, 15) is 9.00 Å². The van der Waals surface area contributed by atoms with Crippen LogP contribution in [0.4, 0.5) is 11.6 Å². The van der Waals surface area contributed by atoms with Crippen molar-refractivity contribution in [1.29, 1.82) is 0 Å². The highest BCUT2D eigenvalue weighted by atomic mass is 32.2. The summed E-state index contributed by atoms with van der Waals surface area (Å²) in [6, 6.07) is 5.61. The van der Waals surface area contributed by atoms with Crippen LogP contribution in [-0.4, -0.2) is 37.8 Å². The molecule has 0 aliphatic heterocycles. The van der Waals surface area contributed by atoms with Crippen LogP contribution in [0.5, 0.6) is 0 Å². The van der Waals surface area contributed by atoms with Gasteiger partial charge in [-0.25, -0.2) is 4.21 Å². The molecule has 0 saturated carbocycles. The van der Waals surface area contributed by atoms with Crippen LogP contribution in [0.2, 0.25) is 0 Å². The van der Waals surface area contributed by atoms with E-state index in [2.05, 4.69) is 24.9 Å². The molecule has 21 heavy (non-hydrogen) atoms. The van der Waals surface area contributed by atoms with Crippen molar-refractivity contribution in [3.05, 3.63) is 35.2 Å². The molecule has 7 nitrogen and oxygen atoms in total. The molecule has 0 atom stereocenters. The van der Waals surface area contributed by atoms with Gasteiger partial charge in [-0.05, 0) is 37.1 Å². The first-order valence-corrected chi connectivity index (χ1v) is 8.56. The van der Waals surface area contributed by atoms with Crippen molar-refractivity contribution >= 4 is 27.3 Å². The molecule has 0 bridgehead atoms. The number of hydrogen-bond donors (Lipinski definition) is 2. The maximum Gasteiger partial charge on any atom is 0.293 e. The number of benzene rings is 1. The third-order valence-electron chi connectivity index (χ3n) is 2.75. The first-order valence-electron chi connectivity index (χ1n) is 6.23. The molecule has 0 fully saturated rings. The Hall–Kier alpha value is -2.22. The molecule has 8 heteroatoms. The van der Waals surface area contributed by atoms with Gasteiger partial charge < -0.3 is 5.32 Å². The lowest BCUT2D eigenvalue weighted by Gasteiger charge is -2.05. The Bertz CT molecular complexity index is 795. The number of hydrogen-bond acceptors (Lipinski definition) is 5. The van der Waals surface area contributed by atoms with Crippen molar-refractivity contribution in [3.8, 4) is 0 Å². The minimum atomic E-state index is -2.36. The molecule has 112 valence electrons. The van der Waals surface area contributed by atoms with Crippen LogP contribution in [0.3, 0.4) is 0 Å². The van der Waals surface area contributed by atoms with Gasteiger partial charge in [0.25, 0.3) is 11.9 Å². The Labute approximate surface area is 123 Å². The molecule has 1 aromatic carbocycles. The minimum absolute atomic E-state index is 0.00948. The number of carbonyl (C=O) groups is 1. The maximum atomic E-state index is 12.0. The fourth-order valence-corrected chi connectivity index (χ4v) is 2.08. The van der Waals surface area contributed by atoms with Crippen molar-refractivity contribution in [2.45, 2.75) is 13.8 Å². The maximum absolute atomic E-state index is 12.0. The number of anilines is 1. The first kappa shape index (κ1) is 15.2. The number of aryl methyl sites for hydroxylation is 2. The Morgan fingerprint density at radius 1 is 1.29 bits per heavy atom. The van der Waals surface area contributed by atoms with Crippen LogP contribution in [-0.2, 0) is 9.73 Å². The topological polar surface area (TPSA) is 100 Å². The highest BCUT2D eigenvalue weighted by Gasteiger charge is 2.12. The second-order valence-corrected chi connectivity index (χ2v) is 7.55. The van der Waals surface area contributed by atoms with Crippen LogP contribution in [0.15, 0.2) is 22.6 Å². The van der Waals surface area contributed by atoms with E-state index in [0.717, 1.165) is 11.1 Å². The molecule has 2 rings (SSSR count). The summed E-state index contributed by atoms with van der Waals surface area (Å²) in [6.07, 6.45) is 2.94. The van der Waals surface area contributed by atoms with Gasteiger partial charge in [-0.15, -0.1) is 5.10 Å². The molecule has 1 heterocycles. The van der Waals surface area contributed by atoms with Gasteiger partial charge >= 0.3 is 0 Å². The highest BCUT2D eigenvalue weighted by Crippen LogP contribution is 2.15. The normalized spacial score (nSPS) is 11.2. The van der Waals surface area contributed by atoms with E-state index < -0.39 is 15.6 Å². The van der Waals surface area contributed by atoms with E-state index in [4.69, 9.17) is 0 Å². The second-order valence-electron chi connectivity index (χ2n) is 5.01. The van der Waals surface area contributed by atoms with Crippen LogP contribution in [0.1, 0.15) is 21.7 Å². The van der Waals surface area contributed by atoms with Gasteiger partial charge in [-0.3, -0.25) is 9.89 Å². The monoisotopic (exact) mass is 307 g/mol. The molecule has 0 saturated heterocycles. The summed E-state index contributed by atoms with van der Waals surface area (Å²) in [5, 5.41) is 8.95. The van der Waals surface area contributed by atoms with E-state index >= 15 is 0 Å². The Morgan fingerprint density at radius 3 is 2.62 bits per heavy atom. The molecule has 0 spiro atoms. The number of H-pyrrole nitrogens is 1. The zero-order valence-electron chi connectivity index (χ0n) is 12.3. The van der Waals surface area contributed by atoms with Crippen molar-refractivity contribution in [1.82, 2.24) is 15.2 Å². The van der Waals surface area contributed by atoms with E-state index in [1.807, 2.05) is 32.0 Å². The molecule has 1 amide bonds. The molecular weight excluding hydrogens is 290 g/mol. The van der Waals surface area contributed by atoms with E-state index in [1.165, 1.54) is 12.5 Å². The number of aromatic amines is 1. The lowest BCUT2D eigenvalue weighted by Crippen LogP contribution is -2.13. The highest BCUT2D eigenvalue weighted by molar-refractivity contribution is 7.92. The van der Waals surface area contributed by atoms with Crippen molar-refractivity contribution in [2.24, 2.45) is 4.36 Å². The molecule has 0 radical (unpaired) electrons. The quantitative estimate of drug-likeness (QED) is 0.906. The summed E-state index contributed by atoms with van der Waals surface area (Å²) in [7, 11) is -2.36. The molecule has 0 unspecified atom stereocenters. The molecule has 0 aliphatic rings. The van der Waals surface area contributed by atoms with E-state index in [-0.39, 0.29) is 11.8 Å². The number of rotatable bonds is 3. The lowest BCUT2D eigenvalue weighted by atomic mass is 10.1. The van der Waals surface area contributed by atoms with Gasteiger partial charge in [-0.1, -0.05) is 6.07 Å². The molecule has 2 N–H and O–H groups in total. The first-order chi connectivity index (χ1) is 9.74. The van der Waals surface area contributed by atoms with Crippen molar-refractivity contribution < 1.29 is 9.00 Å². The molecule has 2 aromatic rings. The van der Waals surface area contributed by atoms with Crippen LogP contribution in [0, 0.1) is 13.8 Å². The molecule has 1 aromatic heterocycles. The lowest BCUT2D eigenvalue weighted by molar-refractivity contribution is 0.101. The van der Waals surface area contributed by atoms with Crippen LogP contribution in [0.25, 0.3) is 0 Å². The summed E-state index contributed by atoms with van der Waals surface area (Å²) >= 11 is 0. The molecular formula is C13H17N5O2S. The number of nitrogens with zero attached hydrogens (tertiary/aromatic N) is 3. The number of amides is 1. The fraction of sp³-hybridized carbons (Fsp3) is 0.308. The van der Waals surface area contributed by atoms with Gasteiger partial charge in [0.15, 0.2) is 0 Å². The van der Waals surface area contributed by atoms with E-state index in [1.54, 1.807) is 0 Å². The summed E-state index contributed by atoms with van der Waals surface area (Å²) < 4.78 is 15.4. The Kier molecular flexibility index (Phi) is 4.08. The average Bonchev–Trinajstić information content (AvgIpc) is 2.80. The molecule has 0 aliphatic carbocycles. The predicted octanol–water partition coefficient (Wildman–Crippen LogP) is 2.03. The summed E-state index contributed by atoms with van der Waals surface area (Å²) in [4.78, 5) is 15.9.